The molecule has 0 aromatic heterocycles. The number of aliphatic carboxylic acids is 1. The van der Waals surface area contributed by atoms with E-state index >= 15 is 0 Å². The summed E-state index contributed by atoms with van der Waals surface area (Å²) in [5.74, 6) is -2.47. The van der Waals surface area contributed by atoms with Crippen LogP contribution in [-0.2, 0) is 14.6 Å². The first-order valence-electron chi connectivity index (χ1n) is 4.47. The minimum atomic E-state index is -0.921. The lowest BCUT2D eigenvalue weighted by atomic mass is 9.89. The molecule has 1 rings (SSSR count). The van der Waals surface area contributed by atoms with Crippen molar-refractivity contribution in [3.63, 3.8) is 0 Å². The lowest BCUT2D eigenvalue weighted by Gasteiger charge is -2.19. The van der Waals surface area contributed by atoms with Gasteiger partial charge in [0.05, 0.1) is 19.6 Å². The zero-order valence-electron chi connectivity index (χ0n) is 8.05. The molecule has 4 atom stereocenters. The molecule has 1 saturated carbocycles. The quantitative estimate of drug-likeness (QED) is 0.539. The molecule has 0 heterocycles. The van der Waals surface area contributed by atoms with Gasteiger partial charge in [-0.3, -0.25) is 4.79 Å². The number of carboxylic acid groups (broad SMARTS) is 1. The molecule has 0 aromatic rings. The van der Waals surface area contributed by atoms with Gasteiger partial charge in [0.1, 0.15) is 0 Å². The molecule has 0 spiro atoms. The predicted molar refractivity (Wildman–Crippen MR) is 47.8 cm³/mol. The fraction of sp³-hybridized carbons (Fsp3) is 0.700. The molecule has 14 heavy (non-hydrogen) atoms. The molecule has 4 unspecified atom stereocenters. The molecule has 0 saturated heterocycles. The lowest BCUT2D eigenvalue weighted by molar-refractivity contribution is -0.282. The Balaban J connectivity index is 2.63. The second-order valence-electron chi connectivity index (χ2n) is 3.54. The van der Waals surface area contributed by atoms with E-state index in [1.807, 2.05) is 0 Å². The number of hydrogen-bond donors (Lipinski definition) is 1. The average molecular weight is 198 g/mol. The van der Waals surface area contributed by atoms with Crippen LogP contribution in [0.15, 0.2) is 0 Å². The van der Waals surface area contributed by atoms with Gasteiger partial charge in [0.15, 0.2) is 0 Å². The maximum absolute atomic E-state index is 10.9. The number of carboxylic acids is 1. The summed E-state index contributed by atoms with van der Waals surface area (Å²) in [5.41, 5.74) is 0. The van der Waals surface area contributed by atoms with Crippen molar-refractivity contribution < 1.29 is 19.7 Å². The van der Waals surface area contributed by atoms with E-state index in [4.69, 9.17) is 23.8 Å². The van der Waals surface area contributed by atoms with Gasteiger partial charge in [-0.1, -0.05) is 0 Å². The monoisotopic (exact) mass is 198 g/mol. The maximum atomic E-state index is 10.9. The van der Waals surface area contributed by atoms with Crippen LogP contribution >= 0.6 is 0 Å². The molecular weight excluding hydrogens is 184 g/mol. The molecule has 78 valence electrons. The highest BCUT2D eigenvalue weighted by Crippen LogP contribution is 2.41. The van der Waals surface area contributed by atoms with Crippen LogP contribution in [-0.4, -0.2) is 24.8 Å². The van der Waals surface area contributed by atoms with E-state index in [1.165, 1.54) is 7.11 Å². The fourth-order valence-corrected chi connectivity index (χ4v) is 1.96. The number of carbonyl (C=O) groups is 1. The molecule has 0 aromatic carbocycles. The topological polar surface area (TPSA) is 55.8 Å². The zero-order valence-corrected chi connectivity index (χ0v) is 8.05. The Hall–Kier alpha value is -0.610. The summed E-state index contributed by atoms with van der Waals surface area (Å²) in [6, 6.07) is 0. The maximum Gasteiger partial charge on any atom is 0.307 e. The molecule has 1 N–H and O–H groups in total. The first-order chi connectivity index (χ1) is 6.57. The van der Waals surface area contributed by atoms with Gasteiger partial charge in [-0.15, -0.1) is 0 Å². The van der Waals surface area contributed by atoms with E-state index in [1.54, 1.807) is 0 Å². The SMILES string of the molecule is [CH]C1CC([CH])C(C(=O)O)C1COOC. The van der Waals surface area contributed by atoms with Gasteiger partial charge < -0.3 is 5.11 Å². The Labute approximate surface area is 84.1 Å². The Morgan fingerprint density at radius 1 is 1.50 bits per heavy atom. The van der Waals surface area contributed by atoms with Gasteiger partial charge in [-0.05, 0) is 32.1 Å². The van der Waals surface area contributed by atoms with Crippen LogP contribution in [0.25, 0.3) is 0 Å². The van der Waals surface area contributed by atoms with Crippen LogP contribution in [0.2, 0.25) is 0 Å². The van der Waals surface area contributed by atoms with Crippen molar-refractivity contribution in [1.82, 2.24) is 0 Å². The van der Waals surface area contributed by atoms with Gasteiger partial charge in [-0.25, -0.2) is 9.78 Å². The highest BCUT2D eigenvalue weighted by Gasteiger charge is 2.43. The van der Waals surface area contributed by atoms with E-state index in [0.717, 1.165) is 0 Å². The normalized spacial score (nSPS) is 37.4. The van der Waals surface area contributed by atoms with E-state index in [0.29, 0.717) is 6.42 Å². The first-order valence-corrected chi connectivity index (χ1v) is 4.47. The predicted octanol–water partition coefficient (Wildman–Crippen LogP) is 0.940. The van der Waals surface area contributed by atoms with Gasteiger partial charge in [0.25, 0.3) is 0 Å². The fourth-order valence-electron chi connectivity index (χ4n) is 1.96. The second kappa shape index (κ2) is 4.75. The Bertz CT molecular complexity index is 204. The molecule has 1 fully saturated rings. The molecule has 0 bridgehead atoms. The molecule has 1 aliphatic rings. The summed E-state index contributed by atoms with van der Waals surface area (Å²) in [5, 5.41) is 8.94. The first kappa shape index (κ1) is 11.5. The third-order valence-electron chi connectivity index (χ3n) is 2.68. The van der Waals surface area contributed by atoms with E-state index in [-0.39, 0.29) is 18.4 Å². The van der Waals surface area contributed by atoms with Crippen molar-refractivity contribution in [3.8, 4) is 0 Å². The van der Waals surface area contributed by atoms with Gasteiger partial charge in [-0.2, -0.15) is 0 Å². The van der Waals surface area contributed by atoms with Crippen LogP contribution in [0, 0.1) is 37.5 Å². The lowest BCUT2D eigenvalue weighted by Crippen LogP contribution is -2.28. The molecule has 4 nitrogen and oxygen atoms in total. The summed E-state index contributed by atoms with van der Waals surface area (Å²) in [6.45, 7) is 11.6. The minimum absolute atomic E-state index is 0.169. The van der Waals surface area contributed by atoms with Gasteiger partial charge in [0, 0.05) is 5.92 Å². The van der Waals surface area contributed by atoms with Crippen molar-refractivity contribution >= 4 is 5.97 Å². The van der Waals surface area contributed by atoms with Crippen molar-refractivity contribution in [2.75, 3.05) is 13.7 Å². The Kier molecular flexibility index (Phi) is 3.89. The Morgan fingerprint density at radius 2 is 2.14 bits per heavy atom. The third-order valence-corrected chi connectivity index (χ3v) is 2.68. The van der Waals surface area contributed by atoms with Crippen LogP contribution in [0.5, 0.6) is 0 Å². The highest BCUT2D eigenvalue weighted by atomic mass is 17.2. The molecule has 1 aliphatic carbocycles. The molecule has 4 heteroatoms. The smallest absolute Gasteiger partial charge is 0.307 e. The molecule has 0 aliphatic heterocycles. The van der Waals surface area contributed by atoms with E-state index < -0.39 is 17.8 Å². The van der Waals surface area contributed by atoms with Crippen LogP contribution in [0.3, 0.4) is 0 Å². The summed E-state index contributed by atoms with van der Waals surface area (Å²) in [7, 11) is 1.37. The van der Waals surface area contributed by atoms with Crippen LogP contribution in [0.4, 0.5) is 0 Å². The number of hydrogen-bond acceptors (Lipinski definition) is 3. The molecule has 4 radical (unpaired) electrons. The Morgan fingerprint density at radius 3 is 2.64 bits per heavy atom. The summed E-state index contributed by atoms with van der Waals surface area (Å²) in [4.78, 5) is 20.0. The van der Waals surface area contributed by atoms with E-state index in [2.05, 4.69) is 4.89 Å². The van der Waals surface area contributed by atoms with E-state index in [9.17, 15) is 4.79 Å². The summed E-state index contributed by atoms with van der Waals surface area (Å²) < 4.78 is 0. The third kappa shape index (κ3) is 2.25. The van der Waals surface area contributed by atoms with Crippen LogP contribution < -0.4 is 0 Å². The second-order valence-corrected chi connectivity index (χ2v) is 3.54. The van der Waals surface area contributed by atoms with Crippen molar-refractivity contribution in [3.05, 3.63) is 13.8 Å². The summed E-state index contributed by atoms with van der Waals surface area (Å²) >= 11 is 0. The molecular formula is C10H14O4. The highest BCUT2D eigenvalue weighted by molar-refractivity contribution is 5.71. The van der Waals surface area contributed by atoms with Crippen molar-refractivity contribution in [2.45, 2.75) is 6.42 Å². The average Bonchev–Trinajstić information content (AvgIpc) is 2.37. The van der Waals surface area contributed by atoms with Crippen molar-refractivity contribution in [2.24, 2.45) is 23.7 Å². The largest absolute Gasteiger partial charge is 0.481 e. The van der Waals surface area contributed by atoms with Gasteiger partial charge in [0.2, 0.25) is 0 Å². The zero-order chi connectivity index (χ0) is 10.7. The summed E-state index contributed by atoms with van der Waals surface area (Å²) in [6.07, 6.45) is 0.509. The standard InChI is InChI=1S/C10H14O4/c1-6-4-7(2)9(10(11)12)8(6)5-14-13-3/h1-2,6-9H,4-5H2,3H3,(H,11,12). The van der Waals surface area contributed by atoms with Crippen molar-refractivity contribution in [1.29, 1.82) is 0 Å². The van der Waals surface area contributed by atoms with Crippen LogP contribution in [0.1, 0.15) is 6.42 Å². The van der Waals surface area contributed by atoms with Gasteiger partial charge >= 0.3 is 5.97 Å². The molecule has 0 amide bonds. The minimum Gasteiger partial charge on any atom is -0.481 e. The number of rotatable bonds is 4.